The molecule has 1 saturated carbocycles. The van der Waals surface area contributed by atoms with Gasteiger partial charge in [-0.05, 0) is 0 Å². The average molecular weight is 336 g/mol. The molecule has 0 radical (unpaired) electrons. The van der Waals surface area contributed by atoms with Gasteiger partial charge in [0.15, 0.2) is 0 Å². The minimum atomic E-state index is -5.73. The molecular formula is C6H10O12P2-4. The van der Waals surface area contributed by atoms with Crippen molar-refractivity contribution in [2.24, 2.45) is 0 Å². The molecule has 1 aliphatic rings. The maximum atomic E-state index is 10.4. The predicted octanol–water partition coefficient (Wildman–Crippen LogP) is -6.13. The van der Waals surface area contributed by atoms with Crippen LogP contribution in [0.4, 0.5) is 0 Å². The van der Waals surface area contributed by atoms with Gasteiger partial charge >= 0.3 is 0 Å². The Bertz CT molecular complexity index is 390. The summed E-state index contributed by atoms with van der Waals surface area (Å²) >= 11 is 0. The molecule has 0 aromatic rings. The van der Waals surface area contributed by atoms with Gasteiger partial charge in [0.25, 0.3) is 0 Å². The summed E-state index contributed by atoms with van der Waals surface area (Å²) in [5, 5.41) is 37.6. The van der Waals surface area contributed by atoms with E-state index in [0.29, 0.717) is 0 Å². The number of phosphoric acid groups is 2. The molecule has 4 N–H and O–H groups in total. The summed E-state index contributed by atoms with van der Waals surface area (Å²) in [7, 11) is -11.5. The van der Waals surface area contributed by atoms with E-state index in [0.717, 1.165) is 0 Å². The minimum Gasteiger partial charge on any atom is -0.790 e. The van der Waals surface area contributed by atoms with Crippen molar-refractivity contribution in [3.05, 3.63) is 0 Å². The van der Waals surface area contributed by atoms with E-state index in [9.17, 15) is 49.1 Å². The van der Waals surface area contributed by atoms with Crippen molar-refractivity contribution >= 4 is 15.6 Å². The molecule has 120 valence electrons. The molecule has 0 heterocycles. The Morgan fingerprint density at radius 2 is 0.950 bits per heavy atom. The molecular weight excluding hydrogens is 326 g/mol. The van der Waals surface area contributed by atoms with Crippen LogP contribution in [-0.4, -0.2) is 57.0 Å². The highest BCUT2D eigenvalue weighted by Crippen LogP contribution is 2.39. The molecule has 0 aromatic heterocycles. The summed E-state index contributed by atoms with van der Waals surface area (Å²) in [4.78, 5) is 41.7. The van der Waals surface area contributed by atoms with Crippen LogP contribution in [0.2, 0.25) is 0 Å². The van der Waals surface area contributed by atoms with Crippen molar-refractivity contribution in [3.63, 3.8) is 0 Å². The van der Waals surface area contributed by atoms with E-state index < -0.39 is 52.3 Å². The Morgan fingerprint density at radius 3 is 1.20 bits per heavy atom. The third-order valence-electron chi connectivity index (χ3n) is 2.55. The van der Waals surface area contributed by atoms with Crippen molar-refractivity contribution in [2.45, 2.75) is 36.6 Å². The monoisotopic (exact) mass is 336 g/mol. The van der Waals surface area contributed by atoms with Crippen LogP contribution in [0, 0.1) is 0 Å². The first-order chi connectivity index (χ1) is 8.83. The fourth-order valence-electron chi connectivity index (χ4n) is 1.73. The third-order valence-corrected chi connectivity index (χ3v) is 3.55. The van der Waals surface area contributed by atoms with Crippen LogP contribution in [0.25, 0.3) is 0 Å². The number of hydrogen-bond acceptors (Lipinski definition) is 12. The van der Waals surface area contributed by atoms with Gasteiger partial charge in [0.2, 0.25) is 0 Å². The van der Waals surface area contributed by atoms with Crippen LogP contribution >= 0.6 is 15.6 Å². The molecule has 0 bridgehead atoms. The Labute approximate surface area is 111 Å². The second-order valence-corrected chi connectivity index (χ2v) is 6.21. The fourth-order valence-corrected chi connectivity index (χ4v) is 2.82. The molecule has 14 heteroatoms. The van der Waals surface area contributed by atoms with Crippen LogP contribution in [0.15, 0.2) is 0 Å². The number of rotatable bonds is 4. The Hall–Kier alpha value is 0.0600. The molecule has 0 saturated heterocycles. The second kappa shape index (κ2) is 6.05. The van der Waals surface area contributed by atoms with Gasteiger partial charge in [0.1, 0.15) is 36.6 Å². The van der Waals surface area contributed by atoms with E-state index in [2.05, 4.69) is 9.05 Å². The van der Waals surface area contributed by atoms with Crippen molar-refractivity contribution in [3.8, 4) is 0 Å². The highest BCUT2D eigenvalue weighted by Gasteiger charge is 2.50. The molecule has 1 aliphatic carbocycles. The average Bonchev–Trinajstić information content (AvgIpc) is 2.25. The number of aliphatic hydroxyl groups excluding tert-OH is 4. The Kier molecular flexibility index (Phi) is 5.48. The van der Waals surface area contributed by atoms with Crippen molar-refractivity contribution in [1.29, 1.82) is 0 Å². The topological polar surface area (TPSA) is 226 Å². The highest BCUT2D eigenvalue weighted by molar-refractivity contribution is 7.43. The first-order valence-corrected chi connectivity index (χ1v) is 7.89. The summed E-state index contributed by atoms with van der Waals surface area (Å²) in [5.74, 6) is 0. The predicted molar refractivity (Wildman–Crippen MR) is 49.0 cm³/mol. The summed E-state index contributed by atoms with van der Waals surface area (Å²) in [6.07, 6.45) is -13.7. The smallest absolute Gasteiger partial charge is 0.120 e. The molecule has 12 nitrogen and oxygen atoms in total. The zero-order valence-electron chi connectivity index (χ0n) is 9.41. The van der Waals surface area contributed by atoms with Gasteiger partial charge in [-0.15, -0.1) is 0 Å². The van der Waals surface area contributed by atoms with E-state index in [-0.39, 0.29) is 0 Å². The first-order valence-electron chi connectivity index (χ1n) is 4.96. The van der Waals surface area contributed by atoms with Crippen molar-refractivity contribution < 1.29 is 58.2 Å². The zero-order valence-corrected chi connectivity index (χ0v) is 11.2. The van der Waals surface area contributed by atoms with E-state index in [1.54, 1.807) is 0 Å². The van der Waals surface area contributed by atoms with E-state index in [1.165, 1.54) is 0 Å². The molecule has 20 heavy (non-hydrogen) atoms. The van der Waals surface area contributed by atoms with Gasteiger partial charge in [0, 0.05) is 0 Å². The Balaban J connectivity index is 3.02. The normalized spacial score (nSPS) is 39.8. The number of phosphoric ester groups is 2. The van der Waals surface area contributed by atoms with E-state index >= 15 is 0 Å². The molecule has 0 aliphatic heterocycles. The maximum Gasteiger partial charge on any atom is 0.120 e. The lowest BCUT2D eigenvalue weighted by Gasteiger charge is -2.48. The summed E-state index contributed by atoms with van der Waals surface area (Å²) < 4.78 is 28.4. The lowest BCUT2D eigenvalue weighted by atomic mass is 9.85. The SMILES string of the molecule is O=P([O-])([O-])O[C@H]1C(O)[C@H](OP(=O)([O-])[O-])[C@@H](O)C(O)[C@H]1O. The van der Waals surface area contributed by atoms with Crippen LogP contribution in [0.3, 0.4) is 0 Å². The maximum absolute atomic E-state index is 10.4. The molecule has 0 amide bonds. The second-order valence-electron chi connectivity index (χ2n) is 4.00. The third kappa shape index (κ3) is 4.53. The molecule has 0 spiro atoms. The van der Waals surface area contributed by atoms with Gasteiger partial charge in [0.05, 0.1) is 15.6 Å². The van der Waals surface area contributed by atoms with Crippen molar-refractivity contribution in [1.82, 2.24) is 0 Å². The van der Waals surface area contributed by atoms with Crippen LogP contribution < -0.4 is 19.6 Å². The molecule has 1 rings (SSSR count). The van der Waals surface area contributed by atoms with E-state index in [1.807, 2.05) is 0 Å². The molecule has 6 atom stereocenters. The van der Waals surface area contributed by atoms with Gasteiger partial charge in [-0.2, -0.15) is 0 Å². The fraction of sp³-hybridized carbons (Fsp3) is 1.00. The van der Waals surface area contributed by atoms with Gasteiger partial charge in [-0.1, -0.05) is 0 Å². The number of hydrogen-bond donors (Lipinski definition) is 4. The van der Waals surface area contributed by atoms with Gasteiger partial charge in [-0.3, -0.25) is 0 Å². The summed E-state index contributed by atoms with van der Waals surface area (Å²) in [5.41, 5.74) is 0. The largest absolute Gasteiger partial charge is 0.790 e. The number of aliphatic hydroxyl groups is 4. The van der Waals surface area contributed by atoms with Gasteiger partial charge < -0.3 is 58.2 Å². The lowest BCUT2D eigenvalue weighted by molar-refractivity contribution is -0.360. The molecule has 0 aromatic carbocycles. The van der Waals surface area contributed by atoms with Crippen LogP contribution in [0.1, 0.15) is 0 Å². The molecule has 1 fully saturated rings. The highest BCUT2D eigenvalue weighted by atomic mass is 31.2. The quantitative estimate of drug-likeness (QED) is 0.352. The van der Waals surface area contributed by atoms with E-state index in [4.69, 9.17) is 0 Å². The molecule has 2 unspecified atom stereocenters. The zero-order chi connectivity index (χ0) is 15.9. The standard InChI is InChI=1S/C6H14O12P2/c7-1-2(8)5(17-19(11,12)13)4(10)6(3(1)9)18-20(14,15)16/h1-10H,(H2,11,12,13)(H2,14,15,16)/p-4/t1?,2-,3+,4?,5-,6-/m1/s1. The minimum absolute atomic E-state index is 2.23. The van der Waals surface area contributed by atoms with Crippen LogP contribution in [0.5, 0.6) is 0 Å². The van der Waals surface area contributed by atoms with Crippen LogP contribution in [-0.2, 0) is 18.2 Å². The van der Waals surface area contributed by atoms with Gasteiger partial charge in [-0.25, -0.2) is 0 Å². The first kappa shape index (κ1) is 18.1. The summed E-state index contributed by atoms with van der Waals surface area (Å²) in [6.45, 7) is 0. The van der Waals surface area contributed by atoms with Crippen molar-refractivity contribution in [2.75, 3.05) is 0 Å². The Morgan fingerprint density at radius 1 is 0.650 bits per heavy atom. The summed E-state index contributed by atoms with van der Waals surface area (Å²) in [6, 6.07) is 0. The lowest BCUT2D eigenvalue weighted by Crippen LogP contribution is -2.65.